The zero-order valence-corrected chi connectivity index (χ0v) is 17.2. The van der Waals surface area contributed by atoms with Gasteiger partial charge in [0.1, 0.15) is 6.61 Å². The highest BCUT2D eigenvalue weighted by molar-refractivity contribution is 9.10. The number of benzene rings is 3. The van der Waals surface area contributed by atoms with Gasteiger partial charge in [-0.2, -0.15) is 0 Å². The van der Waals surface area contributed by atoms with Gasteiger partial charge in [0.15, 0.2) is 0 Å². The number of aryl methyl sites for hydroxylation is 1. The van der Waals surface area contributed by atoms with Crippen molar-refractivity contribution in [1.82, 2.24) is 0 Å². The third-order valence-corrected chi connectivity index (χ3v) is 5.81. The quantitative estimate of drug-likeness (QED) is 0.524. The van der Waals surface area contributed by atoms with Gasteiger partial charge in [0.25, 0.3) is 0 Å². The SMILES string of the molecule is Cc1ccc(Br)c(C(=O)O)c1NC(=O)OCC1c2ccccc2-c2ccccc21. The zero-order chi connectivity index (χ0) is 20.5. The van der Waals surface area contributed by atoms with Crippen molar-refractivity contribution in [2.45, 2.75) is 12.8 Å². The topological polar surface area (TPSA) is 75.6 Å². The third kappa shape index (κ3) is 3.51. The molecule has 146 valence electrons. The Morgan fingerprint density at radius 2 is 1.59 bits per heavy atom. The van der Waals surface area contributed by atoms with Crippen molar-refractivity contribution in [3.05, 3.63) is 87.4 Å². The lowest BCUT2D eigenvalue weighted by molar-refractivity contribution is 0.0697. The lowest BCUT2D eigenvalue weighted by atomic mass is 9.98. The largest absolute Gasteiger partial charge is 0.478 e. The van der Waals surface area contributed by atoms with Crippen molar-refractivity contribution >= 4 is 33.7 Å². The van der Waals surface area contributed by atoms with Crippen LogP contribution in [0.1, 0.15) is 33.0 Å². The van der Waals surface area contributed by atoms with Crippen molar-refractivity contribution in [1.29, 1.82) is 0 Å². The lowest BCUT2D eigenvalue weighted by Gasteiger charge is -2.16. The molecule has 2 N–H and O–H groups in total. The molecule has 6 heteroatoms. The predicted molar refractivity (Wildman–Crippen MR) is 115 cm³/mol. The molecule has 5 nitrogen and oxygen atoms in total. The molecule has 0 heterocycles. The number of rotatable bonds is 4. The van der Waals surface area contributed by atoms with Gasteiger partial charge in [-0.1, -0.05) is 54.6 Å². The first-order chi connectivity index (χ1) is 14.0. The lowest BCUT2D eigenvalue weighted by Crippen LogP contribution is -2.20. The Morgan fingerprint density at radius 3 is 2.17 bits per heavy atom. The fourth-order valence-corrected chi connectivity index (χ4v) is 4.29. The molecule has 0 fully saturated rings. The van der Waals surface area contributed by atoms with E-state index in [9.17, 15) is 14.7 Å². The highest BCUT2D eigenvalue weighted by Gasteiger charge is 2.29. The number of anilines is 1. The average molecular weight is 452 g/mol. The summed E-state index contributed by atoms with van der Waals surface area (Å²) in [6, 6.07) is 19.5. The number of hydrogen-bond acceptors (Lipinski definition) is 3. The number of halogens is 1. The molecule has 0 atom stereocenters. The number of ether oxygens (including phenoxy) is 1. The normalized spacial score (nSPS) is 12.2. The van der Waals surface area contributed by atoms with E-state index in [1.807, 2.05) is 36.4 Å². The van der Waals surface area contributed by atoms with Crippen LogP contribution in [-0.2, 0) is 4.74 Å². The molecule has 3 aromatic carbocycles. The number of carbonyl (C=O) groups is 2. The van der Waals surface area contributed by atoms with E-state index in [-0.39, 0.29) is 23.8 Å². The first kappa shape index (κ1) is 19.2. The second kappa shape index (κ2) is 7.72. The molecular formula is C23H18BrNO4. The molecule has 29 heavy (non-hydrogen) atoms. The van der Waals surface area contributed by atoms with Crippen LogP contribution in [0.3, 0.4) is 0 Å². The van der Waals surface area contributed by atoms with Crippen molar-refractivity contribution in [3.8, 4) is 11.1 Å². The summed E-state index contributed by atoms with van der Waals surface area (Å²) < 4.78 is 5.91. The van der Waals surface area contributed by atoms with E-state index in [4.69, 9.17) is 4.74 Å². The maximum Gasteiger partial charge on any atom is 0.411 e. The maximum absolute atomic E-state index is 12.5. The van der Waals surface area contributed by atoms with Gasteiger partial charge < -0.3 is 9.84 Å². The van der Waals surface area contributed by atoms with E-state index in [0.717, 1.165) is 22.3 Å². The number of carboxylic acids is 1. The van der Waals surface area contributed by atoms with Crippen molar-refractivity contribution in [2.24, 2.45) is 0 Å². The Bertz CT molecular complexity index is 1080. The molecule has 0 unspecified atom stereocenters. The number of aromatic carboxylic acids is 1. The first-order valence-electron chi connectivity index (χ1n) is 9.11. The van der Waals surface area contributed by atoms with Crippen LogP contribution >= 0.6 is 15.9 Å². The number of nitrogens with one attached hydrogen (secondary N) is 1. The number of fused-ring (bicyclic) bond motifs is 3. The summed E-state index contributed by atoms with van der Waals surface area (Å²) in [5, 5.41) is 12.1. The molecule has 0 saturated carbocycles. The Kier molecular flexibility index (Phi) is 5.11. The molecule has 1 aliphatic carbocycles. The number of hydrogen-bond donors (Lipinski definition) is 2. The number of amides is 1. The van der Waals surface area contributed by atoms with Gasteiger partial charge in [-0.3, -0.25) is 5.32 Å². The summed E-state index contributed by atoms with van der Waals surface area (Å²) >= 11 is 3.23. The Hall–Kier alpha value is -3.12. The third-order valence-electron chi connectivity index (χ3n) is 5.15. The Balaban J connectivity index is 1.55. The minimum Gasteiger partial charge on any atom is -0.478 e. The van der Waals surface area contributed by atoms with E-state index >= 15 is 0 Å². The highest BCUT2D eigenvalue weighted by Crippen LogP contribution is 2.44. The molecule has 0 aliphatic heterocycles. The summed E-state index contributed by atoms with van der Waals surface area (Å²) in [4.78, 5) is 24.1. The number of carboxylic acid groups (broad SMARTS) is 1. The minimum atomic E-state index is -1.13. The molecule has 0 spiro atoms. The van der Waals surface area contributed by atoms with Crippen molar-refractivity contribution < 1.29 is 19.4 Å². The molecule has 0 aromatic heterocycles. The van der Waals surface area contributed by atoms with E-state index < -0.39 is 12.1 Å². The molecule has 1 aliphatic rings. The van der Waals surface area contributed by atoms with Crippen LogP contribution < -0.4 is 5.32 Å². The van der Waals surface area contributed by atoms with Crippen LogP contribution in [0.2, 0.25) is 0 Å². The van der Waals surface area contributed by atoms with Gasteiger partial charge in [0.2, 0.25) is 0 Å². The first-order valence-corrected chi connectivity index (χ1v) is 9.91. The van der Waals surface area contributed by atoms with Crippen LogP contribution in [0.15, 0.2) is 65.1 Å². The standard InChI is InChI=1S/C23H18BrNO4/c1-13-10-11-19(24)20(22(26)27)21(13)25-23(28)29-12-18-16-8-4-2-6-14(16)15-7-3-5-9-17(15)18/h2-11,18H,12H2,1H3,(H,25,28)(H,26,27). The summed E-state index contributed by atoms with van der Waals surface area (Å²) in [6.07, 6.45) is -0.685. The fourth-order valence-electron chi connectivity index (χ4n) is 3.79. The molecular weight excluding hydrogens is 434 g/mol. The Morgan fingerprint density at radius 1 is 1.00 bits per heavy atom. The minimum absolute atomic E-state index is 0.00138. The van der Waals surface area contributed by atoms with Crippen LogP contribution in [0.25, 0.3) is 11.1 Å². The predicted octanol–water partition coefficient (Wildman–Crippen LogP) is 5.82. The van der Waals surface area contributed by atoms with Gasteiger partial charge in [-0.05, 0) is 56.7 Å². The summed E-state index contributed by atoms with van der Waals surface area (Å²) in [6.45, 7) is 1.90. The maximum atomic E-state index is 12.5. The van der Waals surface area contributed by atoms with E-state index in [0.29, 0.717) is 10.0 Å². The van der Waals surface area contributed by atoms with Gasteiger partial charge >= 0.3 is 12.1 Å². The van der Waals surface area contributed by atoms with E-state index in [1.165, 1.54) is 0 Å². The van der Waals surface area contributed by atoms with Crippen LogP contribution in [0.5, 0.6) is 0 Å². The number of carbonyl (C=O) groups excluding carboxylic acids is 1. The molecule has 0 radical (unpaired) electrons. The van der Waals surface area contributed by atoms with E-state index in [2.05, 4.69) is 33.4 Å². The molecule has 0 bridgehead atoms. The highest BCUT2D eigenvalue weighted by atomic mass is 79.9. The molecule has 1 amide bonds. The van der Waals surface area contributed by atoms with Gasteiger partial charge in [0, 0.05) is 10.4 Å². The second-order valence-electron chi connectivity index (χ2n) is 6.87. The van der Waals surface area contributed by atoms with Gasteiger partial charge in [0.05, 0.1) is 11.3 Å². The average Bonchev–Trinajstić information content (AvgIpc) is 3.03. The van der Waals surface area contributed by atoms with Crippen LogP contribution in [0, 0.1) is 6.92 Å². The smallest absolute Gasteiger partial charge is 0.411 e. The van der Waals surface area contributed by atoms with Gasteiger partial charge in [-0.25, -0.2) is 9.59 Å². The Labute approximate surface area is 176 Å². The van der Waals surface area contributed by atoms with Gasteiger partial charge in [-0.15, -0.1) is 0 Å². The molecule has 0 saturated heterocycles. The van der Waals surface area contributed by atoms with E-state index in [1.54, 1.807) is 19.1 Å². The second-order valence-corrected chi connectivity index (χ2v) is 7.72. The van der Waals surface area contributed by atoms with Crippen molar-refractivity contribution in [2.75, 3.05) is 11.9 Å². The monoisotopic (exact) mass is 451 g/mol. The zero-order valence-electron chi connectivity index (χ0n) is 15.6. The molecule has 4 rings (SSSR count). The summed E-state index contributed by atoms with van der Waals surface area (Å²) in [7, 11) is 0. The molecule has 3 aromatic rings. The summed E-state index contributed by atoms with van der Waals surface area (Å²) in [5.74, 6) is -1.19. The van der Waals surface area contributed by atoms with Crippen LogP contribution in [-0.4, -0.2) is 23.8 Å². The summed E-state index contributed by atoms with van der Waals surface area (Å²) in [5.41, 5.74) is 5.39. The van der Waals surface area contributed by atoms with Crippen LogP contribution in [0.4, 0.5) is 10.5 Å². The fraction of sp³-hybridized carbons (Fsp3) is 0.130. The van der Waals surface area contributed by atoms with Crippen molar-refractivity contribution in [3.63, 3.8) is 0 Å².